The second-order valence-corrected chi connectivity index (χ2v) is 8.76. The second kappa shape index (κ2) is 11.6. The third kappa shape index (κ3) is 5.99. The van der Waals surface area contributed by atoms with Crippen molar-refractivity contribution in [2.24, 2.45) is 0 Å². The van der Waals surface area contributed by atoms with Gasteiger partial charge in [0.15, 0.2) is 23.2 Å². The van der Waals surface area contributed by atoms with E-state index in [1.807, 2.05) is 6.92 Å². The van der Waals surface area contributed by atoms with Gasteiger partial charge in [-0.15, -0.1) is 0 Å². The normalized spacial score (nSPS) is 17.9. The van der Waals surface area contributed by atoms with E-state index < -0.39 is 17.5 Å². The lowest BCUT2D eigenvalue weighted by Crippen LogP contribution is -2.21. The van der Waals surface area contributed by atoms with E-state index in [0.717, 1.165) is 31.2 Å². The third-order valence-corrected chi connectivity index (χ3v) is 6.52. The molecule has 186 valence electrons. The molecule has 0 radical (unpaired) electrons. The fourth-order valence-corrected chi connectivity index (χ4v) is 4.67. The Hall–Kier alpha value is -2.99. The Bertz CT molecular complexity index is 1120. The van der Waals surface area contributed by atoms with Gasteiger partial charge >= 0.3 is 0 Å². The number of rotatable bonds is 9. The molecule has 6 heteroatoms. The average molecular weight is 485 g/mol. The number of benzene rings is 3. The van der Waals surface area contributed by atoms with Gasteiger partial charge in [-0.3, -0.25) is 0 Å². The van der Waals surface area contributed by atoms with Crippen LogP contribution < -0.4 is 9.47 Å². The summed E-state index contributed by atoms with van der Waals surface area (Å²) < 4.78 is 60.4. The van der Waals surface area contributed by atoms with Crippen LogP contribution in [0.25, 0.3) is 11.1 Å². The number of hydrogen-bond donors (Lipinski definition) is 0. The number of hydrogen-bond acceptors (Lipinski definition) is 3. The molecule has 0 atom stereocenters. The fraction of sp³-hybridized carbons (Fsp3) is 0.379. The zero-order chi connectivity index (χ0) is 24.8. The molecule has 35 heavy (non-hydrogen) atoms. The Morgan fingerprint density at radius 2 is 1.46 bits per heavy atom. The van der Waals surface area contributed by atoms with Crippen molar-refractivity contribution < 1.29 is 27.4 Å². The average Bonchev–Trinajstić information content (AvgIpc) is 2.87. The molecule has 0 aliphatic heterocycles. The summed E-state index contributed by atoms with van der Waals surface area (Å²) in [6.45, 7) is 4.76. The lowest BCUT2D eigenvalue weighted by molar-refractivity contribution is 0.0325. The van der Waals surface area contributed by atoms with Gasteiger partial charge in [0.05, 0.1) is 12.7 Å². The Labute approximate surface area is 204 Å². The van der Waals surface area contributed by atoms with Crippen molar-refractivity contribution in [3.8, 4) is 22.6 Å². The minimum atomic E-state index is -0.851. The summed E-state index contributed by atoms with van der Waals surface area (Å²) in [4.78, 5) is 0. The summed E-state index contributed by atoms with van der Waals surface area (Å²) in [6.07, 6.45) is 3.54. The molecule has 0 bridgehead atoms. The molecular formula is C29H31F3O3. The van der Waals surface area contributed by atoms with Crippen molar-refractivity contribution in [3.63, 3.8) is 0 Å². The number of ether oxygens (including phenoxy) is 3. The molecule has 1 saturated carbocycles. The van der Waals surface area contributed by atoms with Crippen molar-refractivity contribution in [1.29, 1.82) is 0 Å². The minimum Gasteiger partial charge on any atom is -0.491 e. The minimum absolute atomic E-state index is 0.0103. The second-order valence-electron chi connectivity index (χ2n) is 8.76. The van der Waals surface area contributed by atoms with Crippen molar-refractivity contribution in [2.45, 2.75) is 58.2 Å². The number of halogens is 3. The van der Waals surface area contributed by atoms with Crippen LogP contribution in [0.2, 0.25) is 0 Å². The standard InChI is InChI=1S/C29H31F3O3/c1-3-33-23-13-7-20(8-14-23)25-15-9-22(28(31)29(25)32)18-35-24-11-5-19(6-12-24)21-10-16-27(34-4-2)26(30)17-21/h5-6,9-12,15-17,20,23H,3-4,7-8,13-14,18H2,1-2H3. The summed E-state index contributed by atoms with van der Waals surface area (Å²) in [5.41, 5.74) is 2.12. The van der Waals surface area contributed by atoms with E-state index in [2.05, 4.69) is 0 Å². The maximum absolute atomic E-state index is 14.9. The molecule has 3 nitrogen and oxygen atoms in total. The van der Waals surface area contributed by atoms with E-state index in [4.69, 9.17) is 14.2 Å². The van der Waals surface area contributed by atoms with E-state index in [1.54, 1.807) is 55.5 Å². The van der Waals surface area contributed by atoms with Gasteiger partial charge in [-0.25, -0.2) is 13.2 Å². The topological polar surface area (TPSA) is 27.7 Å². The summed E-state index contributed by atoms with van der Waals surface area (Å²) in [6, 6.07) is 15.1. The van der Waals surface area contributed by atoms with Gasteiger partial charge < -0.3 is 14.2 Å². The van der Waals surface area contributed by atoms with Crippen LogP contribution in [0.15, 0.2) is 54.6 Å². The molecule has 1 aliphatic carbocycles. The van der Waals surface area contributed by atoms with E-state index in [9.17, 15) is 13.2 Å². The highest BCUT2D eigenvalue weighted by Crippen LogP contribution is 2.36. The molecule has 4 rings (SSSR count). The van der Waals surface area contributed by atoms with Gasteiger partial charge in [0.25, 0.3) is 0 Å². The van der Waals surface area contributed by atoms with Gasteiger partial charge in [0.1, 0.15) is 12.4 Å². The Kier molecular flexibility index (Phi) is 8.34. The zero-order valence-corrected chi connectivity index (χ0v) is 20.2. The molecule has 1 aliphatic rings. The first kappa shape index (κ1) is 25.1. The molecule has 0 N–H and O–H groups in total. The molecule has 0 aromatic heterocycles. The molecule has 0 spiro atoms. The maximum atomic E-state index is 14.9. The highest BCUT2D eigenvalue weighted by Gasteiger charge is 2.26. The van der Waals surface area contributed by atoms with Gasteiger partial charge in [-0.2, -0.15) is 0 Å². The molecular weight excluding hydrogens is 453 g/mol. The molecule has 0 unspecified atom stereocenters. The Morgan fingerprint density at radius 3 is 2.11 bits per heavy atom. The van der Waals surface area contributed by atoms with Gasteiger partial charge in [0.2, 0.25) is 0 Å². The lowest BCUT2D eigenvalue weighted by atomic mass is 9.82. The summed E-state index contributed by atoms with van der Waals surface area (Å²) in [7, 11) is 0. The van der Waals surface area contributed by atoms with Crippen molar-refractivity contribution in [2.75, 3.05) is 13.2 Å². The zero-order valence-electron chi connectivity index (χ0n) is 20.2. The monoisotopic (exact) mass is 484 g/mol. The summed E-state index contributed by atoms with van der Waals surface area (Å²) in [5.74, 6) is -1.31. The smallest absolute Gasteiger partial charge is 0.165 e. The Morgan fingerprint density at radius 1 is 0.743 bits per heavy atom. The highest BCUT2D eigenvalue weighted by molar-refractivity contribution is 5.65. The van der Waals surface area contributed by atoms with E-state index >= 15 is 0 Å². The van der Waals surface area contributed by atoms with Crippen LogP contribution in [0.3, 0.4) is 0 Å². The Balaban J connectivity index is 1.38. The lowest BCUT2D eigenvalue weighted by Gasteiger charge is -2.29. The molecule has 3 aromatic carbocycles. The van der Waals surface area contributed by atoms with Crippen molar-refractivity contribution >= 4 is 0 Å². The SMILES string of the molecule is CCOc1ccc(-c2ccc(OCc3ccc(C4CCC(OCC)CC4)c(F)c3F)cc2)cc1F. The van der Waals surface area contributed by atoms with Crippen LogP contribution in [-0.4, -0.2) is 19.3 Å². The molecule has 1 fully saturated rings. The first-order valence-electron chi connectivity index (χ1n) is 12.2. The quantitative estimate of drug-likeness (QED) is 0.310. The highest BCUT2D eigenvalue weighted by atomic mass is 19.2. The van der Waals surface area contributed by atoms with Crippen LogP contribution in [0.1, 0.15) is 56.6 Å². The van der Waals surface area contributed by atoms with Crippen molar-refractivity contribution in [3.05, 3.63) is 83.2 Å². The largest absolute Gasteiger partial charge is 0.491 e. The van der Waals surface area contributed by atoms with Crippen LogP contribution in [0.5, 0.6) is 11.5 Å². The van der Waals surface area contributed by atoms with Gasteiger partial charge in [-0.05, 0) is 86.4 Å². The van der Waals surface area contributed by atoms with E-state index in [-0.39, 0.29) is 29.9 Å². The summed E-state index contributed by atoms with van der Waals surface area (Å²) >= 11 is 0. The first-order valence-corrected chi connectivity index (χ1v) is 12.2. The third-order valence-electron chi connectivity index (χ3n) is 6.52. The van der Waals surface area contributed by atoms with Crippen LogP contribution >= 0.6 is 0 Å². The first-order chi connectivity index (χ1) is 17.0. The van der Waals surface area contributed by atoms with E-state index in [0.29, 0.717) is 30.1 Å². The van der Waals surface area contributed by atoms with Gasteiger partial charge in [0, 0.05) is 12.2 Å². The predicted molar refractivity (Wildman–Crippen MR) is 130 cm³/mol. The van der Waals surface area contributed by atoms with Crippen LogP contribution in [0, 0.1) is 17.5 Å². The molecule has 3 aromatic rings. The molecule has 0 amide bonds. The van der Waals surface area contributed by atoms with Crippen LogP contribution in [-0.2, 0) is 11.3 Å². The van der Waals surface area contributed by atoms with Crippen LogP contribution in [0.4, 0.5) is 13.2 Å². The fourth-order valence-electron chi connectivity index (χ4n) is 4.67. The molecule has 0 heterocycles. The molecule has 0 saturated heterocycles. The summed E-state index contributed by atoms with van der Waals surface area (Å²) in [5, 5.41) is 0. The van der Waals surface area contributed by atoms with Gasteiger partial charge in [-0.1, -0.05) is 30.3 Å². The van der Waals surface area contributed by atoms with E-state index in [1.165, 1.54) is 6.07 Å². The maximum Gasteiger partial charge on any atom is 0.165 e. The predicted octanol–water partition coefficient (Wildman–Crippen LogP) is 7.81. The van der Waals surface area contributed by atoms with Crippen molar-refractivity contribution in [1.82, 2.24) is 0 Å².